The van der Waals surface area contributed by atoms with Crippen molar-refractivity contribution in [3.05, 3.63) is 101 Å². The van der Waals surface area contributed by atoms with E-state index in [4.69, 9.17) is 9.47 Å². The molecule has 6 nitrogen and oxygen atoms in total. The summed E-state index contributed by atoms with van der Waals surface area (Å²) in [4.78, 5) is 28.1. The molecule has 6 heteroatoms. The summed E-state index contributed by atoms with van der Waals surface area (Å²) < 4.78 is 11.1. The number of aryl methyl sites for hydroxylation is 1. The summed E-state index contributed by atoms with van der Waals surface area (Å²) in [5.74, 6) is -0.198. The van der Waals surface area contributed by atoms with E-state index in [-0.39, 0.29) is 24.0 Å². The van der Waals surface area contributed by atoms with Gasteiger partial charge in [0, 0.05) is 12.1 Å². The molecule has 36 heavy (non-hydrogen) atoms. The van der Waals surface area contributed by atoms with Crippen LogP contribution >= 0.6 is 0 Å². The quantitative estimate of drug-likeness (QED) is 0.253. The molecule has 0 aromatic heterocycles. The van der Waals surface area contributed by atoms with Crippen LogP contribution in [-0.2, 0) is 22.6 Å². The molecule has 1 saturated heterocycles. The fraction of sp³-hybridized carbons (Fsp3) is 0.267. The van der Waals surface area contributed by atoms with Gasteiger partial charge in [-0.3, -0.25) is 9.59 Å². The number of methoxy groups -OCH3 is 1. The molecule has 1 amide bonds. The van der Waals surface area contributed by atoms with Crippen molar-refractivity contribution >= 4 is 17.4 Å². The molecular formula is C30H31NO5. The number of hydrogen-bond donors (Lipinski definition) is 1. The fourth-order valence-corrected chi connectivity index (χ4v) is 4.41. The summed E-state index contributed by atoms with van der Waals surface area (Å²) in [6.45, 7) is 6.12. The summed E-state index contributed by atoms with van der Waals surface area (Å²) in [5, 5.41) is 11.3. The largest absolute Gasteiger partial charge is 0.507 e. The second-order valence-corrected chi connectivity index (χ2v) is 9.06. The average molecular weight is 486 g/mol. The summed E-state index contributed by atoms with van der Waals surface area (Å²) in [7, 11) is 1.58. The predicted octanol–water partition coefficient (Wildman–Crippen LogP) is 5.67. The first-order chi connectivity index (χ1) is 17.3. The van der Waals surface area contributed by atoms with Gasteiger partial charge in [-0.25, -0.2) is 0 Å². The lowest BCUT2D eigenvalue weighted by Crippen LogP contribution is -2.29. The lowest BCUT2D eigenvalue weighted by atomic mass is 9.94. The Hall–Kier alpha value is -4.06. The third-order valence-electron chi connectivity index (χ3n) is 6.23. The van der Waals surface area contributed by atoms with Gasteiger partial charge in [0.25, 0.3) is 11.7 Å². The van der Waals surface area contributed by atoms with Gasteiger partial charge >= 0.3 is 0 Å². The van der Waals surface area contributed by atoms with Crippen molar-refractivity contribution < 1.29 is 24.2 Å². The minimum atomic E-state index is -0.754. The normalized spacial score (nSPS) is 17.0. The van der Waals surface area contributed by atoms with E-state index >= 15 is 0 Å². The molecule has 1 heterocycles. The molecule has 4 rings (SSSR count). The van der Waals surface area contributed by atoms with Crippen LogP contribution in [0, 0.1) is 0 Å². The maximum absolute atomic E-state index is 13.3. The van der Waals surface area contributed by atoms with E-state index in [0.29, 0.717) is 22.6 Å². The van der Waals surface area contributed by atoms with Gasteiger partial charge in [0.05, 0.1) is 24.8 Å². The number of likely N-dealkylation sites (tertiary alicyclic amines) is 1. The first kappa shape index (κ1) is 25.0. The number of nitrogens with zero attached hydrogens (tertiary/aromatic N) is 1. The smallest absolute Gasteiger partial charge is 0.295 e. The van der Waals surface area contributed by atoms with E-state index in [1.54, 1.807) is 19.2 Å². The van der Waals surface area contributed by atoms with Gasteiger partial charge in [-0.2, -0.15) is 0 Å². The molecule has 1 aliphatic rings. The minimum absolute atomic E-state index is 0.0145. The zero-order chi connectivity index (χ0) is 25.8. The Morgan fingerprint density at radius 2 is 1.64 bits per heavy atom. The molecule has 3 aromatic rings. The molecule has 1 unspecified atom stereocenters. The number of aliphatic hydroxyl groups excluding tert-OH is 1. The van der Waals surface area contributed by atoms with E-state index in [9.17, 15) is 14.7 Å². The number of carbonyl (C=O) groups excluding carboxylic acids is 2. The summed E-state index contributed by atoms with van der Waals surface area (Å²) in [6, 6.07) is 21.3. The van der Waals surface area contributed by atoms with Crippen LogP contribution in [0.2, 0.25) is 0 Å². The van der Waals surface area contributed by atoms with Crippen LogP contribution in [0.5, 0.6) is 11.5 Å². The van der Waals surface area contributed by atoms with Crippen LogP contribution < -0.4 is 9.47 Å². The van der Waals surface area contributed by atoms with Crippen LogP contribution in [0.15, 0.2) is 78.4 Å². The van der Waals surface area contributed by atoms with Crippen molar-refractivity contribution in [2.45, 2.75) is 45.9 Å². The molecule has 0 bridgehead atoms. The molecule has 3 aromatic carbocycles. The van der Waals surface area contributed by atoms with Gasteiger partial charge in [-0.15, -0.1) is 0 Å². The number of Topliss-reactive ketones (excluding diaryl/α,β-unsaturated/α-hetero) is 1. The highest BCUT2D eigenvalue weighted by Crippen LogP contribution is 2.41. The first-order valence-corrected chi connectivity index (χ1v) is 12.1. The Kier molecular flexibility index (Phi) is 7.44. The number of ether oxygens (including phenoxy) is 2. The van der Waals surface area contributed by atoms with Crippen molar-refractivity contribution in [1.82, 2.24) is 4.90 Å². The summed E-state index contributed by atoms with van der Waals surface area (Å²) in [6.07, 6.45) is 0.872. The standard InChI is InChI=1S/C30H31NO5/c1-5-20-9-11-23(12-10-20)28(32)26-27(22-13-15-24(16-14-22)36-19(2)3)31(30(34)29(26)33)18-21-7-6-8-25(17-21)35-4/h6-17,19,27,32H,5,18H2,1-4H3/b28-26-. The Bertz CT molecular complexity index is 1280. The average Bonchev–Trinajstić information content (AvgIpc) is 3.13. The number of benzene rings is 3. The van der Waals surface area contributed by atoms with Crippen LogP contribution in [0.1, 0.15) is 49.1 Å². The van der Waals surface area contributed by atoms with Crippen molar-refractivity contribution in [3.8, 4) is 11.5 Å². The summed E-state index contributed by atoms with van der Waals surface area (Å²) in [5.41, 5.74) is 3.21. The van der Waals surface area contributed by atoms with E-state index in [2.05, 4.69) is 0 Å². The Morgan fingerprint density at radius 3 is 2.25 bits per heavy atom. The molecule has 1 aliphatic heterocycles. The number of hydrogen-bond acceptors (Lipinski definition) is 5. The minimum Gasteiger partial charge on any atom is -0.507 e. The van der Waals surface area contributed by atoms with Crippen LogP contribution in [0.4, 0.5) is 0 Å². The van der Waals surface area contributed by atoms with Gasteiger partial charge in [-0.05, 0) is 61.2 Å². The first-order valence-electron chi connectivity index (χ1n) is 12.1. The van der Waals surface area contributed by atoms with Gasteiger partial charge < -0.3 is 19.5 Å². The van der Waals surface area contributed by atoms with E-state index in [1.165, 1.54) is 4.90 Å². The number of amides is 1. The maximum atomic E-state index is 13.3. The molecule has 0 radical (unpaired) electrons. The van der Waals surface area contributed by atoms with Gasteiger partial charge in [-0.1, -0.05) is 55.5 Å². The fourth-order valence-electron chi connectivity index (χ4n) is 4.41. The van der Waals surface area contributed by atoms with Crippen LogP contribution in [0.3, 0.4) is 0 Å². The lowest BCUT2D eigenvalue weighted by Gasteiger charge is -2.26. The third-order valence-corrected chi connectivity index (χ3v) is 6.23. The molecule has 1 fully saturated rings. The molecule has 0 saturated carbocycles. The molecule has 1 atom stereocenters. The van der Waals surface area contributed by atoms with E-state index in [1.807, 2.05) is 81.4 Å². The van der Waals surface area contributed by atoms with E-state index in [0.717, 1.165) is 17.5 Å². The molecular weight excluding hydrogens is 454 g/mol. The number of ketones is 1. The SMILES string of the molecule is CCc1ccc(/C(O)=C2/C(=O)C(=O)N(Cc3cccc(OC)c3)C2c2ccc(OC(C)C)cc2)cc1. The molecule has 0 aliphatic carbocycles. The van der Waals surface area contributed by atoms with E-state index < -0.39 is 17.7 Å². The molecule has 0 spiro atoms. The highest BCUT2D eigenvalue weighted by molar-refractivity contribution is 6.46. The second kappa shape index (κ2) is 10.7. The molecule has 1 N–H and O–H groups in total. The monoisotopic (exact) mass is 485 g/mol. The predicted molar refractivity (Wildman–Crippen MR) is 139 cm³/mol. The second-order valence-electron chi connectivity index (χ2n) is 9.06. The maximum Gasteiger partial charge on any atom is 0.295 e. The van der Waals surface area contributed by atoms with Crippen LogP contribution in [0.25, 0.3) is 5.76 Å². The van der Waals surface area contributed by atoms with Gasteiger partial charge in [0.15, 0.2) is 0 Å². The van der Waals surface area contributed by atoms with Gasteiger partial charge in [0.1, 0.15) is 17.3 Å². The Morgan fingerprint density at radius 1 is 0.944 bits per heavy atom. The number of rotatable bonds is 8. The lowest BCUT2D eigenvalue weighted by molar-refractivity contribution is -0.140. The highest BCUT2D eigenvalue weighted by atomic mass is 16.5. The highest BCUT2D eigenvalue weighted by Gasteiger charge is 2.46. The number of aliphatic hydroxyl groups is 1. The zero-order valence-corrected chi connectivity index (χ0v) is 21.0. The number of carbonyl (C=O) groups is 2. The summed E-state index contributed by atoms with van der Waals surface area (Å²) >= 11 is 0. The third kappa shape index (κ3) is 5.13. The van der Waals surface area contributed by atoms with Crippen molar-refractivity contribution in [2.24, 2.45) is 0 Å². The van der Waals surface area contributed by atoms with Crippen LogP contribution in [-0.4, -0.2) is 34.9 Å². The zero-order valence-electron chi connectivity index (χ0n) is 21.0. The Balaban J connectivity index is 1.81. The molecule has 186 valence electrons. The van der Waals surface area contributed by atoms with Gasteiger partial charge in [0.2, 0.25) is 0 Å². The van der Waals surface area contributed by atoms with Crippen molar-refractivity contribution in [3.63, 3.8) is 0 Å². The Labute approximate surface area is 211 Å². The topological polar surface area (TPSA) is 76.1 Å². The van der Waals surface area contributed by atoms with Crippen molar-refractivity contribution in [2.75, 3.05) is 7.11 Å². The van der Waals surface area contributed by atoms with Crippen molar-refractivity contribution in [1.29, 1.82) is 0 Å².